The predicted octanol–water partition coefficient (Wildman–Crippen LogP) is 5.19. The van der Waals surface area contributed by atoms with E-state index in [4.69, 9.17) is 0 Å². The maximum Gasteiger partial charge on any atom is 0.00106 e. The number of benzene rings is 1. The first-order valence-electron chi connectivity index (χ1n) is 8.36. The number of nitrogens with one attached hydrogen (secondary N) is 1. The van der Waals surface area contributed by atoms with Gasteiger partial charge >= 0.3 is 0 Å². The summed E-state index contributed by atoms with van der Waals surface area (Å²) >= 11 is 0. The van der Waals surface area contributed by atoms with Crippen molar-refractivity contribution in [1.29, 1.82) is 0 Å². The molecule has 0 aliphatic heterocycles. The summed E-state index contributed by atoms with van der Waals surface area (Å²) in [4.78, 5) is 0. The zero-order valence-corrected chi connectivity index (χ0v) is 15.7. The highest BCUT2D eigenvalue weighted by molar-refractivity contribution is 5.49. The van der Waals surface area contributed by atoms with E-state index < -0.39 is 0 Å². The van der Waals surface area contributed by atoms with Crippen molar-refractivity contribution in [1.82, 2.24) is 5.32 Å². The highest BCUT2D eigenvalue weighted by Crippen LogP contribution is 2.30. The van der Waals surface area contributed by atoms with Gasteiger partial charge in [0, 0.05) is 12.6 Å². The van der Waals surface area contributed by atoms with Crippen LogP contribution in [0.3, 0.4) is 0 Å². The second-order valence-corrected chi connectivity index (χ2v) is 7.80. The van der Waals surface area contributed by atoms with Gasteiger partial charge in [0.15, 0.2) is 0 Å². The Morgan fingerprint density at radius 3 is 1.67 bits per heavy atom. The third-order valence-electron chi connectivity index (χ3n) is 5.20. The van der Waals surface area contributed by atoms with Crippen molar-refractivity contribution in [2.24, 2.45) is 5.41 Å². The van der Waals surface area contributed by atoms with Gasteiger partial charge in [0.05, 0.1) is 0 Å². The minimum absolute atomic E-state index is 0.343. The van der Waals surface area contributed by atoms with Crippen LogP contribution in [0, 0.1) is 40.0 Å². The van der Waals surface area contributed by atoms with Gasteiger partial charge in [-0.3, -0.25) is 0 Å². The van der Waals surface area contributed by atoms with E-state index in [0.717, 1.165) is 6.54 Å². The molecule has 0 heterocycles. The Hall–Kier alpha value is -0.820. The topological polar surface area (TPSA) is 12.0 Å². The van der Waals surface area contributed by atoms with Crippen LogP contribution >= 0.6 is 0 Å². The van der Waals surface area contributed by atoms with Crippen LogP contribution in [-0.2, 0) is 6.42 Å². The smallest absolute Gasteiger partial charge is 0.00106 e. The van der Waals surface area contributed by atoms with E-state index in [1.807, 2.05) is 0 Å². The summed E-state index contributed by atoms with van der Waals surface area (Å²) in [5.41, 5.74) is 9.35. The van der Waals surface area contributed by atoms with Gasteiger partial charge in [-0.25, -0.2) is 0 Å². The fourth-order valence-electron chi connectivity index (χ4n) is 2.98. The van der Waals surface area contributed by atoms with E-state index in [1.165, 1.54) is 40.7 Å². The first kappa shape index (κ1) is 18.2. The molecule has 0 saturated heterocycles. The standard InChI is InChI=1S/C20H35N/c1-13(2)21-12-20(8,9)11-10-19-17(6)15(4)14(3)16(5)18(19)7/h13,21H,10-12H2,1-9H3. The molecule has 21 heavy (non-hydrogen) atoms. The quantitative estimate of drug-likeness (QED) is 0.760. The van der Waals surface area contributed by atoms with Crippen LogP contribution in [-0.4, -0.2) is 12.6 Å². The molecule has 1 aromatic carbocycles. The van der Waals surface area contributed by atoms with Crippen molar-refractivity contribution in [3.63, 3.8) is 0 Å². The normalized spacial score (nSPS) is 12.3. The summed E-state index contributed by atoms with van der Waals surface area (Å²) in [6, 6.07) is 0.566. The Morgan fingerprint density at radius 2 is 1.24 bits per heavy atom. The third kappa shape index (κ3) is 4.57. The summed E-state index contributed by atoms with van der Waals surface area (Å²) in [6.45, 7) is 21.7. The van der Waals surface area contributed by atoms with E-state index in [0.29, 0.717) is 11.5 Å². The van der Waals surface area contributed by atoms with Crippen LogP contribution in [0.4, 0.5) is 0 Å². The largest absolute Gasteiger partial charge is 0.314 e. The molecule has 0 spiro atoms. The lowest BCUT2D eigenvalue weighted by atomic mass is 9.82. The highest BCUT2D eigenvalue weighted by Gasteiger charge is 2.20. The molecule has 0 radical (unpaired) electrons. The Labute approximate surface area is 132 Å². The van der Waals surface area contributed by atoms with Gasteiger partial charge in [-0.05, 0) is 86.3 Å². The van der Waals surface area contributed by atoms with Crippen molar-refractivity contribution in [2.45, 2.75) is 81.2 Å². The molecule has 0 amide bonds. The first-order valence-corrected chi connectivity index (χ1v) is 8.36. The zero-order chi connectivity index (χ0) is 16.4. The third-order valence-corrected chi connectivity index (χ3v) is 5.20. The molecule has 1 aromatic rings. The molecular formula is C20H35N. The molecule has 120 valence electrons. The molecule has 0 atom stereocenters. The monoisotopic (exact) mass is 289 g/mol. The van der Waals surface area contributed by atoms with Crippen molar-refractivity contribution in [3.05, 3.63) is 33.4 Å². The first-order chi connectivity index (χ1) is 9.57. The van der Waals surface area contributed by atoms with Crippen molar-refractivity contribution >= 4 is 0 Å². The molecule has 1 nitrogen and oxygen atoms in total. The molecule has 1 rings (SSSR count). The van der Waals surface area contributed by atoms with Crippen LogP contribution in [0.25, 0.3) is 0 Å². The maximum absolute atomic E-state index is 3.58. The van der Waals surface area contributed by atoms with E-state index in [2.05, 4.69) is 67.6 Å². The lowest BCUT2D eigenvalue weighted by Gasteiger charge is -2.28. The molecule has 1 N–H and O–H groups in total. The van der Waals surface area contributed by atoms with Gasteiger partial charge in [-0.15, -0.1) is 0 Å². The van der Waals surface area contributed by atoms with E-state index >= 15 is 0 Å². The van der Waals surface area contributed by atoms with Crippen LogP contribution in [0.15, 0.2) is 0 Å². The Balaban J connectivity index is 2.90. The van der Waals surface area contributed by atoms with Gasteiger partial charge in [0.2, 0.25) is 0 Å². The van der Waals surface area contributed by atoms with Crippen LogP contribution in [0.5, 0.6) is 0 Å². The van der Waals surface area contributed by atoms with Crippen LogP contribution < -0.4 is 5.32 Å². The SMILES string of the molecule is Cc1c(C)c(C)c(CCC(C)(C)CNC(C)C)c(C)c1C. The molecule has 0 fully saturated rings. The summed E-state index contributed by atoms with van der Waals surface area (Å²) in [5.74, 6) is 0. The summed E-state index contributed by atoms with van der Waals surface area (Å²) in [7, 11) is 0. The lowest BCUT2D eigenvalue weighted by molar-refractivity contribution is 0.304. The van der Waals surface area contributed by atoms with E-state index in [9.17, 15) is 0 Å². The second kappa shape index (κ2) is 6.96. The van der Waals surface area contributed by atoms with Gasteiger partial charge < -0.3 is 5.32 Å². The number of hydrogen-bond acceptors (Lipinski definition) is 1. The Kier molecular flexibility index (Phi) is 6.04. The van der Waals surface area contributed by atoms with Crippen molar-refractivity contribution in [3.8, 4) is 0 Å². The molecule has 0 aliphatic carbocycles. The number of hydrogen-bond donors (Lipinski definition) is 1. The fourth-order valence-corrected chi connectivity index (χ4v) is 2.98. The van der Waals surface area contributed by atoms with Crippen molar-refractivity contribution < 1.29 is 0 Å². The molecule has 1 heteroatoms. The maximum atomic E-state index is 3.58. The average molecular weight is 290 g/mol. The predicted molar refractivity (Wildman–Crippen MR) is 95.4 cm³/mol. The van der Waals surface area contributed by atoms with Gasteiger partial charge in [0.25, 0.3) is 0 Å². The van der Waals surface area contributed by atoms with Crippen LogP contribution in [0.2, 0.25) is 0 Å². The molecule has 0 bridgehead atoms. The van der Waals surface area contributed by atoms with Crippen LogP contribution in [0.1, 0.15) is 67.5 Å². The average Bonchev–Trinajstić information content (AvgIpc) is 2.41. The molecule has 0 saturated carbocycles. The highest BCUT2D eigenvalue weighted by atomic mass is 14.9. The van der Waals surface area contributed by atoms with Crippen molar-refractivity contribution in [2.75, 3.05) is 6.54 Å². The molecule has 0 aromatic heterocycles. The zero-order valence-electron chi connectivity index (χ0n) is 15.7. The Morgan fingerprint density at radius 1 is 0.810 bits per heavy atom. The van der Waals surface area contributed by atoms with Gasteiger partial charge in [0.1, 0.15) is 0 Å². The van der Waals surface area contributed by atoms with E-state index in [-0.39, 0.29) is 0 Å². The summed E-state index contributed by atoms with van der Waals surface area (Å²) < 4.78 is 0. The van der Waals surface area contributed by atoms with Gasteiger partial charge in [-0.1, -0.05) is 27.7 Å². The number of rotatable bonds is 6. The summed E-state index contributed by atoms with van der Waals surface area (Å²) in [6.07, 6.45) is 2.42. The minimum atomic E-state index is 0.343. The second-order valence-electron chi connectivity index (χ2n) is 7.80. The summed E-state index contributed by atoms with van der Waals surface area (Å²) in [5, 5.41) is 3.58. The Bertz CT molecular complexity index is 466. The van der Waals surface area contributed by atoms with E-state index in [1.54, 1.807) is 5.56 Å². The molecule has 0 aliphatic rings. The van der Waals surface area contributed by atoms with Gasteiger partial charge in [-0.2, -0.15) is 0 Å². The molecule has 0 unspecified atom stereocenters. The lowest BCUT2D eigenvalue weighted by Crippen LogP contribution is -2.34. The fraction of sp³-hybridized carbons (Fsp3) is 0.700. The molecular weight excluding hydrogens is 254 g/mol. The minimum Gasteiger partial charge on any atom is -0.314 e.